The second-order valence-electron chi connectivity index (χ2n) is 4.05. The van der Waals surface area contributed by atoms with E-state index in [1.807, 2.05) is 12.1 Å². The van der Waals surface area contributed by atoms with E-state index in [9.17, 15) is 4.21 Å². The van der Waals surface area contributed by atoms with Crippen LogP contribution in [0.25, 0.3) is 11.1 Å². The van der Waals surface area contributed by atoms with Crippen LogP contribution in [-0.4, -0.2) is 14.2 Å². The zero-order valence-electron chi connectivity index (χ0n) is 9.95. The fourth-order valence-electron chi connectivity index (χ4n) is 1.71. The Morgan fingerprint density at radius 1 is 1.21 bits per heavy atom. The van der Waals surface area contributed by atoms with Gasteiger partial charge in [-0.05, 0) is 29.8 Å². The highest BCUT2D eigenvalue weighted by Gasteiger charge is 2.13. The molecular weight excluding hydrogens is 262 g/mol. The van der Waals surface area contributed by atoms with Gasteiger partial charge in [0.25, 0.3) is 5.22 Å². The molecule has 2 heterocycles. The third-order valence-corrected chi connectivity index (χ3v) is 3.79. The maximum Gasteiger partial charge on any atom is 0.288 e. The molecule has 96 valence electrons. The summed E-state index contributed by atoms with van der Waals surface area (Å²) in [5.41, 5.74) is 8.39. The molecule has 5 nitrogen and oxygen atoms in total. The summed E-state index contributed by atoms with van der Waals surface area (Å²) in [6.07, 6.45) is 3.33. The molecule has 1 atom stereocenters. The van der Waals surface area contributed by atoms with E-state index in [1.165, 1.54) is 0 Å². The van der Waals surface area contributed by atoms with Crippen LogP contribution in [0.3, 0.4) is 0 Å². The van der Waals surface area contributed by atoms with Crippen molar-refractivity contribution < 1.29 is 8.63 Å². The number of nitrogens with zero attached hydrogens (tertiary/aromatic N) is 2. The monoisotopic (exact) mass is 273 g/mol. The molecule has 0 radical (unpaired) electrons. The quantitative estimate of drug-likeness (QED) is 0.739. The third-order valence-electron chi connectivity index (χ3n) is 2.63. The van der Waals surface area contributed by atoms with Gasteiger partial charge in [-0.15, -0.1) is 0 Å². The van der Waals surface area contributed by atoms with E-state index in [4.69, 9.17) is 10.2 Å². The SMILES string of the molecule is Nc1ccc2nc(S(=O)Cc3ccncc3)oc2c1. The number of nitrogens with two attached hydrogens (primary N) is 1. The highest BCUT2D eigenvalue weighted by molar-refractivity contribution is 7.84. The van der Waals surface area contributed by atoms with Crippen LogP contribution in [-0.2, 0) is 16.6 Å². The first-order valence-electron chi connectivity index (χ1n) is 5.66. The molecule has 0 aliphatic carbocycles. The topological polar surface area (TPSA) is 82.0 Å². The van der Waals surface area contributed by atoms with Crippen LogP contribution >= 0.6 is 0 Å². The Hall–Kier alpha value is -2.21. The van der Waals surface area contributed by atoms with Crippen LogP contribution in [0.5, 0.6) is 0 Å². The Labute approximate surface area is 111 Å². The van der Waals surface area contributed by atoms with Gasteiger partial charge in [-0.1, -0.05) is 0 Å². The number of hydrogen-bond donors (Lipinski definition) is 1. The molecule has 0 saturated heterocycles. The molecule has 0 bridgehead atoms. The van der Waals surface area contributed by atoms with E-state index in [0.717, 1.165) is 5.56 Å². The van der Waals surface area contributed by atoms with Crippen LogP contribution < -0.4 is 5.73 Å². The molecule has 0 aliphatic heterocycles. The molecule has 0 fully saturated rings. The normalized spacial score (nSPS) is 12.6. The second kappa shape index (κ2) is 4.81. The van der Waals surface area contributed by atoms with Gasteiger partial charge in [-0.2, -0.15) is 0 Å². The molecule has 0 spiro atoms. The van der Waals surface area contributed by atoms with Crippen molar-refractivity contribution in [2.75, 3.05) is 5.73 Å². The first kappa shape index (κ1) is 11.9. The van der Waals surface area contributed by atoms with E-state index in [1.54, 1.807) is 30.6 Å². The Balaban J connectivity index is 1.89. The van der Waals surface area contributed by atoms with Gasteiger partial charge in [-0.3, -0.25) is 4.98 Å². The summed E-state index contributed by atoms with van der Waals surface area (Å²) in [6.45, 7) is 0. The van der Waals surface area contributed by atoms with Gasteiger partial charge in [0.2, 0.25) is 0 Å². The first-order valence-corrected chi connectivity index (χ1v) is 6.97. The van der Waals surface area contributed by atoms with E-state index >= 15 is 0 Å². The van der Waals surface area contributed by atoms with Crippen molar-refractivity contribution >= 4 is 27.6 Å². The number of nitrogen functional groups attached to an aromatic ring is 1. The Morgan fingerprint density at radius 3 is 2.79 bits per heavy atom. The average molecular weight is 273 g/mol. The summed E-state index contributed by atoms with van der Waals surface area (Å²) in [4.78, 5) is 8.13. The van der Waals surface area contributed by atoms with Crippen LogP contribution in [0.2, 0.25) is 0 Å². The summed E-state index contributed by atoms with van der Waals surface area (Å²) < 4.78 is 17.6. The number of fused-ring (bicyclic) bond motifs is 1. The molecule has 1 unspecified atom stereocenters. The van der Waals surface area contributed by atoms with Crippen molar-refractivity contribution in [3.8, 4) is 0 Å². The van der Waals surface area contributed by atoms with Crippen LogP contribution in [0.4, 0.5) is 5.69 Å². The molecule has 3 aromatic rings. The maximum absolute atomic E-state index is 12.2. The summed E-state index contributed by atoms with van der Waals surface area (Å²) >= 11 is 0. The molecule has 2 aromatic heterocycles. The van der Waals surface area contributed by atoms with Gasteiger partial charge < -0.3 is 10.2 Å². The lowest BCUT2D eigenvalue weighted by molar-refractivity contribution is 0.477. The highest BCUT2D eigenvalue weighted by atomic mass is 32.2. The zero-order valence-corrected chi connectivity index (χ0v) is 10.8. The minimum Gasteiger partial charge on any atom is -0.430 e. The molecule has 19 heavy (non-hydrogen) atoms. The second-order valence-corrected chi connectivity index (χ2v) is 5.38. The Kier molecular flexibility index (Phi) is 3.00. The maximum atomic E-state index is 12.2. The zero-order chi connectivity index (χ0) is 13.2. The lowest BCUT2D eigenvalue weighted by Crippen LogP contribution is -1.96. The number of anilines is 1. The lowest BCUT2D eigenvalue weighted by Gasteiger charge is -1.97. The summed E-state index contributed by atoms with van der Waals surface area (Å²) in [6, 6.07) is 8.80. The van der Waals surface area contributed by atoms with Crippen molar-refractivity contribution in [2.45, 2.75) is 11.0 Å². The smallest absolute Gasteiger partial charge is 0.288 e. The van der Waals surface area contributed by atoms with Gasteiger partial charge in [0.1, 0.15) is 16.3 Å². The van der Waals surface area contributed by atoms with Crippen LogP contribution in [0, 0.1) is 0 Å². The summed E-state index contributed by atoms with van der Waals surface area (Å²) in [7, 11) is -1.32. The Morgan fingerprint density at radius 2 is 2.00 bits per heavy atom. The van der Waals surface area contributed by atoms with Crippen molar-refractivity contribution in [1.29, 1.82) is 0 Å². The first-order chi connectivity index (χ1) is 9.22. The van der Waals surface area contributed by atoms with Crippen molar-refractivity contribution in [1.82, 2.24) is 9.97 Å². The molecule has 1 aromatic carbocycles. The van der Waals surface area contributed by atoms with Crippen molar-refractivity contribution in [3.63, 3.8) is 0 Å². The number of aromatic nitrogens is 2. The van der Waals surface area contributed by atoms with Crippen LogP contribution in [0.15, 0.2) is 52.4 Å². The summed E-state index contributed by atoms with van der Waals surface area (Å²) in [5, 5.41) is 0.220. The molecule has 2 N–H and O–H groups in total. The van der Waals surface area contributed by atoms with E-state index < -0.39 is 10.8 Å². The summed E-state index contributed by atoms with van der Waals surface area (Å²) in [5.74, 6) is 0.352. The predicted octanol–water partition coefficient (Wildman–Crippen LogP) is 2.11. The lowest BCUT2D eigenvalue weighted by atomic mass is 10.3. The number of oxazole rings is 1. The van der Waals surface area contributed by atoms with Crippen LogP contribution in [0.1, 0.15) is 5.56 Å². The molecule has 3 rings (SSSR count). The minimum atomic E-state index is -1.32. The van der Waals surface area contributed by atoms with Crippen molar-refractivity contribution in [2.24, 2.45) is 0 Å². The fraction of sp³-hybridized carbons (Fsp3) is 0.0769. The van der Waals surface area contributed by atoms with Gasteiger partial charge in [0.15, 0.2) is 5.58 Å². The van der Waals surface area contributed by atoms with Gasteiger partial charge in [-0.25, -0.2) is 9.19 Å². The molecule has 0 aliphatic rings. The third kappa shape index (κ3) is 2.48. The fourth-order valence-corrected chi connectivity index (χ4v) is 2.71. The number of pyridine rings is 1. The Bertz CT molecular complexity index is 740. The minimum absolute atomic E-state index is 0.220. The van der Waals surface area contributed by atoms with E-state index in [-0.39, 0.29) is 5.22 Å². The molecule has 0 saturated carbocycles. The largest absolute Gasteiger partial charge is 0.430 e. The highest BCUT2D eigenvalue weighted by Crippen LogP contribution is 2.21. The van der Waals surface area contributed by atoms with Gasteiger partial charge in [0.05, 0.1) is 5.75 Å². The predicted molar refractivity (Wildman–Crippen MR) is 72.8 cm³/mol. The van der Waals surface area contributed by atoms with E-state index in [2.05, 4.69) is 9.97 Å². The number of hydrogen-bond acceptors (Lipinski definition) is 5. The number of benzene rings is 1. The van der Waals surface area contributed by atoms with Crippen molar-refractivity contribution in [3.05, 3.63) is 48.3 Å². The number of rotatable bonds is 3. The molecule has 6 heteroatoms. The molecular formula is C13H11N3O2S. The molecule has 0 amide bonds. The van der Waals surface area contributed by atoms with Gasteiger partial charge in [0, 0.05) is 24.1 Å². The average Bonchev–Trinajstić information content (AvgIpc) is 2.83. The standard InChI is InChI=1S/C13H11N3O2S/c14-10-1-2-11-12(7-10)18-13(16-11)19(17)8-9-3-5-15-6-4-9/h1-7H,8,14H2. The van der Waals surface area contributed by atoms with Gasteiger partial charge >= 0.3 is 0 Å². The van der Waals surface area contributed by atoms with E-state index in [0.29, 0.717) is 22.5 Å².